The zero-order valence-corrected chi connectivity index (χ0v) is 11.3. The fourth-order valence-electron chi connectivity index (χ4n) is 2.33. The Morgan fingerprint density at radius 1 is 1.39 bits per heavy atom. The number of nitrogens with zero attached hydrogens (tertiary/aromatic N) is 1. The quantitative estimate of drug-likeness (QED) is 0.842. The number of pyridine rings is 1. The number of nitrogens with one attached hydrogen (secondary N) is 1. The van der Waals surface area contributed by atoms with Crippen LogP contribution < -0.4 is 15.8 Å². The highest BCUT2D eigenvalue weighted by atomic mass is 16.5. The average molecular weight is 249 g/mol. The fraction of sp³-hybridized carbons (Fsp3) is 0.643. The molecule has 1 heterocycles. The summed E-state index contributed by atoms with van der Waals surface area (Å²) in [6.45, 7) is 4.94. The van der Waals surface area contributed by atoms with Gasteiger partial charge in [-0.15, -0.1) is 0 Å². The van der Waals surface area contributed by atoms with Crippen LogP contribution in [0.4, 0.5) is 11.5 Å². The maximum Gasteiger partial charge on any atom is 0.239 e. The van der Waals surface area contributed by atoms with E-state index in [1.54, 1.807) is 0 Å². The lowest BCUT2D eigenvalue weighted by Gasteiger charge is -2.14. The second kappa shape index (κ2) is 5.94. The molecule has 0 unspecified atom stereocenters. The first-order valence-electron chi connectivity index (χ1n) is 6.82. The number of ether oxygens (including phenoxy) is 1. The maximum atomic E-state index is 5.84. The molecule has 1 aromatic heterocycles. The van der Waals surface area contributed by atoms with Crippen molar-refractivity contribution in [3.05, 3.63) is 12.1 Å². The van der Waals surface area contributed by atoms with E-state index in [0.29, 0.717) is 11.6 Å². The largest absolute Gasteiger partial charge is 0.473 e. The van der Waals surface area contributed by atoms with E-state index in [2.05, 4.69) is 10.3 Å². The Morgan fingerprint density at radius 3 is 2.78 bits per heavy atom. The molecule has 1 aromatic rings. The van der Waals surface area contributed by atoms with Crippen molar-refractivity contribution in [2.24, 2.45) is 5.92 Å². The van der Waals surface area contributed by atoms with Crippen LogP contribution >= 0.6 is 0 Å². The van der Waals surface area contributed by atoms with Crippen molar-refractivity contribution in [1.29, 1.82) is 0 Å². The Labute approximate surface area is 109 Å². The van der Waals surface area contributed by atoms with Crippen LogP contribution in [0.5, 0.6) is 5.88 Å². The molecule has 1 aliphatic carbocycles. The van der Waals surface area contributed by atoms with Gasteiger partial charge in [0.2, 0.25) is 5.88 Å². The molecular weight excluding hydrogens is 226 g/mol. The van der Waals surface area contributed by atoms with Gasteiger partial charge >= 0.3 is 0 Å². The van der Waals surface area contributed by atoms with Crippen LogP contribution in [0.15, 0.2) is 12.1 Å². The van der Waals surface area contributed by atoms with E-state index in [0.717, 1.165) is 18.3 Å². The van der Waals surface area contributed by atoms with Gasteiger partial charge in [-0.05, 0) is 44.7 Å². The molecule has 4 heteroatoms. The topological polar surface area (TPSA) is 60.2 Å². The summed E-state index contributed by atoms with van der Waals surface area (Å²) in [7, 11) is 0. The fourth-order valence-corrected chi connectivity index (χ4v) is 2.33. The number of nitrogen functional groups attached to an aromatic ring is 1. The molecule has 0 amide bonds. The van der Waals surface area contributed by atoms with E-state index < -0.39 is 0 Å². The van der Waals surface area contributed by atoms with Gasteiger partial charge < -0.3 is 15.8 Å². The summed E-state index contributed by atoms with van der Waals surface area (Å²) in [6, 6.07) is 3.76. The molecule has 1 fully saturated rings. The van der Waals surface area contributed by atoms with E-state index >= 15 is 0 Å². The molecule has 0 radical (unpaired) electrons. The smallest absolute Gasteiger partial charge is 0.239 e. The van der Waals surface area contributed by atoms with Gasteiger partial charge in [0.05, 0.1) is 11.8 Å². The van der Waals surface area contributed by atoms with Gasteiger partial charge in [-0.3, -0.25) is 0 Å². The molecule has 3 N–H and O–H groups in total. The van der Waals surface area contributed by atoms with Crippen LogP contribution in [-0.2, 0) is 0 Å². The third kappa shape index (κ3) is 3.52. The van der Waals surface area contributed by atoms with Gasteiger partial charge in [0.25, 0.3) is 0 Å². The third-order valence-corrected chi connectivity index (χ3v) is 3.28. The van der Waals surface area contributed by atoms with Crippen molar-refractivity contribution in [3.63, 3.8) is 0 Å². The van der Waals surface area contributed by atoms with Gasteiger partial charge in [0, 0.05) is 6.54 Å². The molecule has 1 aliphatic rings. The van der Waals surface area contributed by atoms with Crippen LogP contribution in [0.1, 0.15) is 39.5 Å². The molecule has 0 aliphatic heterocycles. The summed E-state index contributed by atoms with van der Waals surface area (Å²) in [5.41, 5.74) is 6.43. The Bertz CT molecular complexity index is 387. The summed E-state index contributed by atoms with van der Waals surface area (Å²) in [5, 5.41) is 3.38. The van der Waals surface area contributed by atoms with Crippen molar-refractivity contribution < 1.29 is 4.74 Å². The summed E-state index contributed by atoms with van der Waals surface area (Å²) in [5.74, 6) is 2.17. The average Bonchev–Trinajstić information content (AvgIpc) is 2.82. The number of aromatic nitrogens is 1. The normalized spacial score (nSPS) is 16.2. The van der Waals surface area contributed by atoms with Gasteiger partial charge in [0.15, 0.2) is 0 Å². The highest BCUT2D eigenvalue weighted by molar-refractivity contribution is 5.53. The van der Waals surface area contributed by atoms with Crippen molar-refractivity contribution in [1.82, 2.24) is 4.98 Å². The minimum absolute atomic E-state index is 0.0879. The molecule has 18 heavy (non-hydrogen) atoms. The Kier molecular flexibility index (Phi) is 4.28. The first-order chi connectivity index (χ1) is 8.65. The van der Waals surface area contributed by atoms with E-state index in [1.807, 2.05) is 26.0 Å². The Morgan fingerprint density at radius 2 is 2.11 bits per heavy atom. The standard InChI is InChI=1S/C14H23N3O/c1-10(2)18-14-12(15)7-8-13(17-14)16-9-11-5-3-4-6-11/h7-8,10-11H,3-6,9,15H2,1-2H3,(H,16,17). The lowest BCUT2D eigenvalue weighted by atomic mass is 10.1. The summed E-state index contributed by atoms with van der Waals surface area (Å²) in [6.07, 6.45) is 5.48. The third-order valence-electron chi connectivity index (χ3n) is 3.28. The SMILES string of the molecule is CC(C)Oc1nc(NCC2CCCC2)ccc1N. The monoisotopic (exact) mass is 249 g/mol. The highest BCUT2D eigenvalue weighted by Gasteiger charge is 2.15. The minimum atomic E-state index is 0.0879. The van der Waals surface area contributed by atoms with Crippen LogP contribution in [0.3, 0.4) is 0 Å². The van der Waals surface area contributed by atoms with Crippen LogP contribution in [-0.4, -0.2) is 17.6 Å². The number of nitrogens with two attached hydrogens (primary N) is 1. The van der Waals surface area contributed by atoms with Crippen molar-refractivity contribution in [3.8, 4) is 5.88 Å². The highest BCUT2D eigenvalue weighted by Crippen LogP contribution is 2.26. The van der Waals surface area contributed by atoms with Crippen LogP contribution in [0.2, 0.25) is 0 Å². The maximum absolute atomic E-state index is 5.84. The summed E-state index contributed by atoms with van der Waals surface area (Å²) >= 11 is 0. The van der Waals surface area contributed by atoms with Crippen molar-refractivity contribution in [2.45, 2.75) is 45.6 Å². The summed E-state index contributed by atoms with van der Waals surface area (Å²) in [4.78, 5) is 4.42. The van der Waals surface area contributed by atoms with E-state index in [9.17, 15) is 0 Å². The molecule has 0 saturated heterocycles. The van der Waals surface area contributed by atoms with Crippen LogP contribution in [0, 0.1) is 5.92 Å². The molecule has 1 saturated carbocycles. The lowest BCUT2D eigenvalue weighted by Crippen LogP contribution is -2.14. The van der Waals surface area contributed by atoms with Gasteiger partial charge in [-0.2, -0.15) is 4.98 Å². The molecule has 2 rings (SSSR count). The zero-order chi connectivity index (χ0) is 13.0. The van der Waals surface area contributed by atoms with Crippen molar-refractivity contribution in [2.75, 3.05) is 17.6 Å². The van der Waals surface area contributed by atoms with Crippen molar-refractivity contribution >= 4 is 11.5 Å². The van der Waals surface area contributed by atoms with E-state index in [1.165, 1.54) is 25.7 Å². The predicted molar refractivity (Wildman–Crippen MR) is 74.9 cm³/mol. The first kappa shape index (κ1) is 13.0. The van der Waals surface area contributed by atoms with Gasteiger partial charge in [0.1, 0.15) is 5.82 Å². The molecule has 100 valence electrons. The molecule has 0 atom stereocenters. The number of rotatable bonds is 5. The summed E-state index contributed by atoms with van der Waals surface area (Å²) < 4.78 is 5.58. The van der Waals surface area contributed by atoms with Gasteiger partial charge in [-0.1, -0.05) is 12.8 Å². The second-order valence-corrected chi connectivity index (χ2v) is 5.29. The molecule has 4 nitrogen and oxygen atoms in total. The Balaban J connectivity index is 1.95. The molecule has 0 bridgehead atoms. The zero-order valence-electron chi connectivity index (χ0n) is 11.3. The molecule has 0 aromatic carbocycles. The number of hydrogen-bond donors (Lipinski definition) is 2. The minimum Gasteiger partial charge on any atom is -0.473 e. The lowest BCUT2D eigenvalue weighted by molar-refractivity contribution is 0.234. The molecular formula is C14H23N3O. The number of anilines is 2. The Hall–Kier alpha value is -1.45. The van der Waals surface area contributed by atoms with E-state index in [-0.39, 0.29) is 6.10 Å². The van der Waals surface area contributed by atoms with Gasteiger partial charge in [-0.25, -0.2) is 0 Å². The first-order valence-corrected chi connectivity index (χ1v) is 6.82. The second-order valence-electron chi connectivity index (χ2n) is 5.29. The van der Waals surface area contributed by atoms with E-state index in [4.69, 9.17) is 10.5 Å². The predicted octanol–water partition coefficient (Wildman–Crippen LogP) is 3.05. The molecule has 0 spiro atoms. The van der Waals surface area contributed by atoms with Crippen LogP contribution in [0.25, 0.3) is 0 Å². The number of hydrogen-bond acceptors (Lipinski definition) is 4.